The summed E-state index contributed by atoms with van der Waals surface area (Å²) in [6.07, 6.45) is -1.41. The fourth-order valence-electron chi connectivity index (χ4n) is 4.86. The summed E-state index contributed by atoms with van der Waals surface area (Å²) >= 11 is 0. The number of piperidine rings is 1. The van der Waals surface area contributed by atoms with E-state index >= 15 is 0 Å². The number of aromatic nitrogens is 2. The molecule has 8 nitrogen and oxygen atoms in total. The quantitative estimate of drug-likeness (QED) is 0.733. The smallest absolute Gasteiger partial charge is 0.371 e. The number of benzene rings is 1. The van der Waals surface area contributed by atoms with Crippen LogP contribution in [0.15, 0.2) is 30.5 Å². The molecule has 1 aromatic heterocycles. The zero-order chi connectivity index (χ0) is 23.8. The van der Waals surface area contributed by atoms with Crippen LogP contribution in [0.1, 0.15) is 40.9 Å². The highest BCUT2D eigenvalue weighted by Crippen LogP contribution is 2.45. The van der Waals surface area contributed by atoms with Gasteiger partial charge in [0.2, 0.25) is 5.91 Å². The van der Waals surface area contributed by atoms with E-state index in [9.17, 15) is 22.8 Å². The van der Waals surface area contributed by atoms with Crippen LogP contribution in [-0.4, -0.2) is 59.6 Å². The van der Waals surface area contributed by atoms with Crippen molar-refractivity contribution in [2.24, 2.45) is 5.41 Å². The number of amides is 2. The zero-order valence-electron chi connectivity index (χ0n) is 17.9. The molecule has 1 aromatic carbocycles. The van der Waals surface area contributed by atoms with E-state index in [1.165, 1.54) is 25.4 Å². The van der Waals surface area contributed by atoms with E-state index in [-0.39, 0.29) is 17.2 Å². The van der Waals surface area contributed by atoms with Crippen molar-refractivity contribution < 1.29 is 22.8 Å². The maximum Gasteiger partial charge on any atom is 0.417 e. The van der Waals surface area contributed by atoms with E-state index < -0.39 is 23.3 Å². The third kappa shape index (κ3) is 4.25. The topological polar surface area (TPSA) is 105 Å². The molecule has 0 bridgehead atoms. The lowest BCUT2D eigenvalue weighted by Gasteiger charge is -2.40. The first kappa shape index (κ1) is 22.6. The molecule has 2 aliphatic heterocycles. The van der Waals surface area contributed by atoms with Crippen LogP contribution in [0.4, 0.5) is 18.9 Å². The lowest BCUT2D eigenvalue weighted by molar-refractivity contribution is -0.137. The first-order chi connectivity index (χ1) is 15.7. The maximum atomic E-state index is 13.4. The van der Waals surface area contributed by atoms with Crippen molar-refractivity contribution in [1.29, 1.82) is 5.26 Å². The highest BCUT2D eigenvalue weighted by molar-refractivity contribution is 5.96. The Kier molecular flexibility index (Phi) is 5.78. The third-order valence-corrected chi connectivity index (χ3v) is 6.67. The summed E-state index contributed by atoms with van der Waals surface area (Å²) in [7, 11) is 1.53. The molecule has 2 saturated heterocycles. The van der Waals surface area contributed by atoms with Gasteiger partial charge in [0.25, 0.3) is 5.91 Å². The number of halogens is 3. The maximum absolute atomic E-state index is 13.4. The molecule has 174 valence electrons. The van der Waals surface area contributed by atoms with Crippen molar-refractivity contribution in [3.63, 3.8) is 0 Å². The Hall–Kier alpha value is -3.55. The van der Waals surface area contributed by atoms with Gasteiger partial charge in [-0.25, -0.2) is 0 Å². The summed E-state index contributed by atoms with van der Waals surface area (Å²) in [6, 6.07) is 6.28. The molecular formula is C22H23F3N6O2. The van der Waals surface area contributed by atoms with Gasteiger partial charge in [-0.3, -0.25) is 14.7 Å². The van der Waals surface area contributed by atoms with Crippen LogP contribution in [0.3, 0.4) is 0 Å². The Morgan fingerprint density at radius 1 is 1.27 bits per heavy atom. The number of carbonyl (C=O) groups excluding carboxylic acids is 2. The largest absolute Gasteiger partial charge is 0.417 e. The monoisotopic (exact) mass is 460 g/mol. The zero-order valence-corrected chi connectivity index (χ0v) is 17.9. The minimum Gasteiger partial charge on any atom is -0.371 e. The fourth-order valence-corrected chi connectivity index (χ4v) is 4.86. The molecule has 1 unspecified atom stereocenters. The van der Waals surface area contributed by atoms with Crippen LogP contribution in [0, 0.1) is 16.7 Å². The van der Waals surface area contributed by atoms with E-state index in [1.807, 2.05) is 4.90 Å². The first-order valence-corrected chi connectivity index (χ1v) is 10.6. The molecule has 33 heavy (non-hydrogen) atoms. The van der Waals surface area contributed by atoms with Crippen LogP contribution in [0.5, 0.6) is 0 Å². The van der Waals surface area contributed by atoms with E-state index in [0.29, 0.717) is 50.3 Å². The van der Waals surface area contributed by atoms with Crippen molar-refractivity contribution in [3.05, 3.63) is 47.3 Å². The number of anilines is 1. The number of rotatable bonds is 3. The predicted octanol–water partition coefficient (Wildman–Crippen LogP) is 2.55. The number of hydrogen-bond acceptors (Lipinski definition) is 5. The second kappa shape index (κ2) is 8.42. The average molecular weight is 460 g/mol. The standard InChI is InChI=1S/C22H23F3N6O2/c1-27-19(32)18-11-21(13-31(18)20(33)17-4-7-28-29-17)5-8-30(9-6-21)15-3-2-14(12-26)16(10-15)22(23,24)25/h2-4,7,10,18H,5-6,8-9,11,13H2,1H3,(H,27,32)(H,28,29). The molecule has 2 aromatic rings. The number of alkyl halides is 3. The van der Waals surface area contributed by atoms with Crippen LogP contribution in [0.2, 0.25) is 0 Å². The van der Waals surface area contributed by atoms with Gasteiger partial charge in [-0.15, -0.1) is 0 Å². The second-order valence-corrected chi connectivity index (χ2v) is 8.56. The molecule has 2 aliphatic rings. The minimum atomic E-state index is -4.61. The number of H-pyrrole nitrogens is 1. The minimum absolute atomic E-state index is 0.246. The molecule has 1 atom stereocenters. The molecule has 0 saturated carbocycles. The molecule has 4 rings (SSSR count). The summed E-state index contributed by atoms with van der Waals surface area (Å²) < 4.78 is 40.1. The Labute approximate surface area is 188 Å². The van der Waals surface area contributed by atoms with Gasteiger partial charge in [-0.2, -0.15) is 23.5 Å². The molecule has 3 heterocycles. The Balaban J connectivity index is 1.52. The van der Waals surface area contributed by atoms with E-state index in [2.05, 4.69) is 15.5 Å². The van der Waals surface area contributed by atoms with Gasteiger partial charge in [0, 0.05) is 38.6 Å². The number of likely N-dealkylation sites (N-methyl/N-ethyl adjacent to an activating group) is 1. The van der Waals surface area contributed by atoms with Crippen LogP contribution in [-0.2, 0) is 11.0 Å². The molecule has 2 N–H and O–H groups in total. The van der Waals surface area contributed by atoms with Gasteiger partial charge in [0.05, 0.1) is 17.2 Å². The van der Waals surface area contributed by atoms with Gasteiger partial charge in [-0.05, 0) is 48.9 Å². The summed E-state index contributed by atoms with van der Waals surface area (Å²) in [4.78, 5) is 28.9. The Morgan fingerprint density at radius 2 is 2.00 bits per heavy atom. The summed E-state index contributed by atoms with van der Waals surface area (Å²) in [5.41, 5.74) is -0.947. The molecule has 1 spiro atoms. The number of nitrogens with one attached hydrogen (secondary N) is 2. The highest BCUT2D eigenvalue weighted by Gasteiger charge is 2.50. The van der Waals surface area contributed by atoms with Gasteiger partial charge in [0.1, 0.15) is 11.7 Å². The van der Waals surface area contributed by atoms with E-state index in [0.717, 1.165) is 6.07 Å². The van der Waals surface area contributed by atoms with Gasteiger partial charge in [0.15, 0.2) is 0 Å². The van der Waals surface area contributed by atoms with Crippen LogP contribution < -0.4 is 10.2 Å². The number of aromatic amines is 1. The lowest BCUT2D eigenvalue weighted by Crippen LogP contribution is -2.45. The van der Waals surface area contributed by atoms with E-state index in [4.69, 9.17) is 5.26 Å². The Morgan fingerprint density at radius 3 is 2.58 bits per heavy atom. The molecule has 0 aliphatic carbocycles. The predicted molar refractivity (Wildman–Crippen MR) is 112 cm³/mol. The average Bonchev–Trinajstić information content (AvgIpc) is 3.47. The molecule has 2 amide bonds. The van der Waals surface area contributed by atoms with Crippen LogP contribution >= 0.6 is 0 Å². The molecule has 11 heteroatoms. The van der Waals surface area contributed by atoms with Crippen molar-refractivity contribution in [2.75, 3.05) is 31.6 Å². The summed E-state index contributed by atoms with van der Waals surface area (Å²) in [6.45, 7) is 1.35. The van der Waals surface area contributed by atoms with Crippen molar-refractivity contribution in [1.82, 2.24) is 20.4 Å². The number of nitriles is 1. The van der Waals surface area contributed by atoms with Crippen molar-refractivity contribution in [3.8, 4) is 6.07 Å². The number of nitrogens with zero attached hydrogens (tertiary/aromatic N) is 4. The lowest BCUT2D eigenvalue weighted by atomic mass is 9.76. The summed E-state index contributed by atoms with van der Waals surface area (Å²) in [5, 5.41) is 18.1. The normalized spacial score (nSPS) is 20.0. The Bertz CT molecular complexity index is 1080. The van der Waals surface area contributed by atoms with Crippen LogP contribution in [0.25, 0.3) is 0 Å². The fraction of sp³-hybridized carbons (Fsp3) is 0.455. The third-order valence-electron chi connectivity index (χ3n) is 6.67. The number of carbonyl (C=O) groups is 2. The number of likely N-dealkylation sites (tertiary alicyclic amines) is 1. The van der Waals surface area contributed by atoms with Crippen molar-refractivity contribution >= 4 is 17.5 Å². The van der Waals surface area contributed by atoms with Gasteiger partial charge < -0.3 is 15.1 Å². The van der Waals surface area contributed by atoms with Gasteiger partial charge >= 0.3 is 6.18 Å². The van der Waals surface area contributed by atoms with Gasteiger partial charge in [-0.1, -0.05) is 0 Å². The number of hydrogen-bond donors (Lipinski definition) is 2. The van der Waals surface area contributed by atoms with E-state index in [1.54, 1.807) is 17.0 Å². The highest BCUT2D eigenvalue weighted by atomic mass is 19.4. The molecule has 2 fully saturated rings. The molecular weight excluding hydrogens is 437 g/mol. The second-order valence-electron chi connectivity index (χ2n) is 8.56. The first-order valence-electron chi connectivity index (χ1n) is 10.6. The summed E-state index contributed by atoms with van der Waals surface area (Å²) in [5.74, 6) is -0.550. The molecule has 0 radical (unpaired) electrons. The van der Waals surface area contributed by atoms with Crippen molar-refractivity contribution in [2.45, 2.75) is 31.5 Å². The SMILES string of the molecule is CNC(=O)C1CC2(CCN(c3ccc(C#N)c(C(F)(F)F)c3)CC2)CN1C(=O)c1ccn[nH]1.